The maximum atomic E-state index is 11.4. The number of nitrogens with zero attached hydrogens (tertiary/aromatic N) is 4. The molecular formula is C19H19N5OS. The Balaban J connectivity index is 1.65. The van der Waals surface area contributed by atoms with Gasteiger partial charge in [0, 0.05) is 36.7 Å². The second-order valence-electron chi connectivity index (χ2n) is 6.33. The number of rotatable bonds is 6. The lowest BCUT2D eigenvalue weighted by Gasteiger charge is -2.11. The zero-order valence-corrected chi connectivity index (χ0v) is 15.2. The summed E-state index contributed by atoms with van der Waals surface area (Å²) >= 11 is 1.64. The van der Waals surface area contributed by atoms with E-state index in [1.807, 2.05) is 36.5 Å². The summed E-state index contributed by atoms with van der Waals surface area (Å²) in [6, 6.07) is 11.8. The third kappa shape index (κ3) is 3.77. The molecule has 0 bridgehead atoms. The Labute approximate surface area is 156 Å². The molecule has 1 saturated carbocycles. The van der Waals surface area contributed by atoms with Gasteiger partial charge in [0.1, 0.15) is 5.82 Å². The first kappa shape index (κ1) is 16.8. The van der Waals surface area contributed by atoms with Crippen LogP contribution in [0.3, 0.4) is 0 Å². The number of benzene rings is 1. The minimum Gasteiger partial charge on any atom is -0.326 e. The van der Waals surface area contributed by atoms with E-state index in [0.29, 0.717) is 5.92 Å². The Morgan fingerprint density at radius 3 is 2.88 bits per heavy atom. The lowest BCUT2D eigenvalue weighted by atomic mass is 10.2. The molecule has 2 heterocycles. The van der Waals surface area contributed by atoms with Gasteiger partial charge in [0.2, 0.25) is 5.91 Å². The van der Waals surface area contributed by atoms with Crippen molar-refractivity contribution in [2.24, 2.45) is 0 Å². The summed E-state index contributed by atoms with van der Waals surface area (Å²) in [5.74, 6) is 2.17. The first-order chi connectivity index (χ1) is 12.7. The molecule has 6 nitrogen and oxygen atoms in total. The van der Waals surface area contributed by atoms with Gasteiger partial charge in [0.25, 0.3) is 0 Å². The third-order valence-electron chi connectivity index (χ3n) is 4.12. The SMILES string of the molecule is CC(=O)Nc1cccc(-n2c(SCc3cccnc3)nnc2C2CC2)c1. The number of pyridine rings is 1. The number of thioether (sulfide) groups is 1. The van der Waals surface area contributed by atoms with Crippen molar-refractivity contribution in [2.75, 3.05) is 5.32 Å². The highest BCUT2D eigenvalue weighted by atomic mass is 32.2. The van der Waals surface area contributed by atoms with Crippen molar-refractivity contribution in [2.45, 2.75) is 36.6 Å². The fourth-order valence-corrected chi connectivity index (χ4v) is 3.67. The molecule has 1 aliphatic rings. The van der Waals surface area contributed by atoms with E-state index in [0.717, 1.165) is 46.5 Å². The molecule has 1 amide bonds. The molecule has 0 saturated heterocycles. The number of aromatic nitrogens is 4. The molecule has 3 aromatic rings. The van der Waals surface area contributed by atoms with Crippen molar-refractivity contribution in [1.29, 1.82) is 0 Å². The molecule has 1 fully saturated rings. The van der Waals surface area contributed by atoms with Crippen molar-refractivity contribution < 1.29 is 4.79 Å². The predicted molar refractivity (Wildman–Crippen MR) is 101 cm³/mol. The molecule has 1 N–H and O–H groups in total. The van der Waals surface area contributed by atoms with Crippen molar-refractivity contribution in [3.63, 3.8) is 0 Å². The smallest absolute Gasteiger partial charge is 0.221 e. The molecule has 1 aliphatic carbocycles. The first-order valence-corrected chi connectivity index (χ1v) is 9.54. The van der Waals surface area contributed by atoms with E-state index < -0.39 is 0 Å². The van der Waals surface area contributed by atoms with E-state index >= 15 is 0 Å². The summed E-state index contributed by atoms with van der Waals surface area (Å²) in [4.78, 5) is 15.5. The Hall–Kier alpha value is -2.67. The van der Waals surface area contributed by atoms with E-state index in [2.05, 4.69) is 31.1 Å². The van der Waals surface area contributed by atoms with Gasteiger partial charge in [-0.2, -0.15) is 0 Å². The fraction of sp³-hybridized carbons (Fsp3) is 0.263. The normalized spacial score (nSPS) is 13.6. The molecule has 0 aliphatic heterocycles. The van der Waals surface area contributed by atoms with E-state index in [4.69, 9.17) is 0 Å². The summed E-state index contributed by atoms with van der Waals surface area (Å²) in [7, 11) is 0. The van der Waals surface area contributed by atoms with Crippen LogP contribution in [-0.4, -0.2) is 25.7 Å². The maximum Gasteiger partial charge on any atom is 0.221 e. The minimum absolute atomic E-state index is 0.0838. The average molecular weight is 365 g/mol. The van der Waals surface area contributed by atoms with Crippen LogP contribution in [-0.2, 0) is 10.5 Å². The van der Waals surface area contributed by atoms with Crippen LogP contribution >= 0.6 is 11.8 Å². The minimum atomic E-state index is -0.0838. The molecule has 0 unspecified atom stereocenters. The highest BCUT2D eigenvalue weighted by Gasteiger charge is 2.31. The molecule has 0 radical (unpaired) electrons. The van der Waals surface area contributed by atoms with E-state index in [1.165, 1.54) is 6.92 Å². The van der Waals surface area contributed by atoms with E-state index in [1.54, 1.807) is 18.0 Å². The molecule has 2 aromatic heterocycles. The lowest BCUT2D eigenvalue weighted by Crippen LogP contribution is -2.07. The number of carbonyl (C=O) groups is 1. The molecular weight excluding hydrogens is 346 g/mol. The quantitative estimate of drug-likeness (QED) is 0.673. The van der Waals surface area contributed by atoms with Crippen molar-refractivity contribution in [3.8, 4) is 5.69 Å². The van der Waals surface area contributed by atoms with Crippen LogP contribution in [0.4, 0.5) is 5.69 Å². The number of hydrogen-bond donors (Lipinski definition) is 1. The predicted octanol–water partition coefficient (Wildman–Crippen LogP) is 3.79. The number of hydrogen-bond acceptors (Lipinski definition) is 5. The van der Waals surface area contributed by atoms with E-state index in [9.17, 15) is 4.79 Å². The van der Waals surface area contributed by atoms with Gasteiger partial charge < -0.3 is 5.32 Å². The monoisotopic (exact) mass is 365 g/mol. The number of nitrogens with one attached hydrogen (secondary N) is 1. The second-order valence-corrected chi connectivity index (χ2v) is 7.27. The largest absolute Gasteiger partial charge is 0.326 e. The Kier molecular flexibility index (Phi) is 4.71. The van der Waals surface area contributed by atoms with Crippen LogP contribution in [0.5, 0.6) is 0 Å². The van der Waals surface area contributed by atoms with Crippen LogP contribution < -0.4 is 5.32 Å². The van der Waals surface area contributed by atoms with Gasteiger partial charge in [-0.05, 0) is 42.7 Å². The summed E-state index contributed by atoms with van der Waals surface area (Å²) in [6.07, 6.45) is 5.94. The van der Waals surface area contributed by atoms with Gasteiger partial charge in [-0.1, -0.05) is 23.9 Å². The maximum absolute atomic E-state index is 11.4. The Morgan fingerprint density at radius 1 is 1.27 bits per heavy atom. The topological polar surface area (TPSA) is 72.7 Å². The molecule has 1 aromatic carbocycles. The number of anilines is 1. The highest BCUT2D eigenvalue weighted by molar-refractivity contribution is 7.98. The van der Waals surface area contributed by atoms with Crippen LogP contribution in [0.25, 0.3) is 5.69 Å². The Morgan fingerprint density at radius 2 is 2.15 bits per heavy atom. The second kappa shape index (κ2) is 7.29. The number of amides is 1. The average Bonchev–Trinajstić information content (AvgIpc) is 3.40. The third-order valence-corrected chi connectivity index (χ3v) is 5.12. The molecule has 26 heavy (non-hydrogen) atoms. The summed E-state index contributed by atoms with van der Waals surface area (Å²) in [6.45, 7) is 1.51. The first-order valence-electron chi connectivity index (χ1n) is 8.56. The standard InChI is InChI=1S/C19H19N5OS/c1-13(25)21-16-5-2-6-17(10-16)24-18(15-7-8-15)22-23-19(24)26-12-14-4-3-9-20-11-14/h2-6,9-11,15H,7-8,12H2,1H3,(H,21,25). The fourth-order valence-electron chi connectivity index (χ4n) is 2.78. The lowest BCUT2D eigenvalue weighted by molar-refractivity contribution is -0.114. The van der Waals surface area contributed by atoms with Gasteiger partial charge in [-0.15, -0.1) is 10.2 Å². The molecule has 0 spiro atoms. The van der Waals surface area contributed by atoms with Crippen LogP contribution in [0.1, 0.15) is 37.1 Å². The number of carbonyl (C=O) groups excluding carboxylic acids is 1. The molecule has 4 rings (SSSR count). The van der Waals surface area contributed by atoms with Crippen molar-refractivity contribution >= 4 is 23.4 Å². The summed E-state index contributed by atoms with van der Waals surface area (Å²) < 4.78 is 2.12. The van der Waals surface area contributed by atoms with Crippen molar-refractivity contribution in [3.05, 3.63) is 60.2 Å². The van der Waals surface area contributed by atoms with Crippen molar-refractivity contribution in [1.82, 2.24) is 19.7 Å². The summed E-state index contributed by atoms with van der Waals surface area (Å²) in [5.41, 5.74) is 2.89. The molecule has 7 heteroatoms. The molecule has 132 valence electrons. The molecule has 0 atom stereocenters. The van der Waals surface area contributed by atoms with E-state index in [-0.39, 0.29) is 5.91 Å². The van der Waals surface area contributed by atoms with Gasteiger partial charge in [0.15, 0.2) is 5.16 Å². The van der Waals surface area contributed by atoms with Crippen LogP contribution in [0.2, 0.25) is 0 Å². The van der Waals surface area contributed by atoms with Gasteiger partial charge in [-0.3, -0.25) is 14.3 Å². The zero-order valence-electron chi connectivity index (χ0n) is 14.4. The van der Waals surface area contributed by atoms with Gasteiger partial charge in [-0.25, -0.2) is 0 Å². The highest BCUT2D eigenvalue weighted by Crippen LogP contribution is 2.41. The Bertz CT molecular complexity index is 921. The van der Waals surface area contributed by atoms with Crippen LogP contribution in [0, 0.1) is 0 Å². The van der Waals surface area contributed by atoms with Gasteiger partial charge >= 0.3 is 0 Å². The van der Waals surface area contributed by atoms with Crippen LogP contribution in [0.15, 0.2) is 53.9 Å². The zero-order chi connectivity index (χ0) is 17.9. The van der Waals surface area contributed by atoms with Gasteiger partial charge in [0.05, 0.1) is 5.69 Å². The summed E-state index contributed by atoms with van der Waals surface area (Å²) in [5, 5.41) is 12.6.